The van der Waals surface area contributed by atoms with E-state index in [4.69, 9.17) is 4.99 Å². The predicted molar refractivity (Wildman–Crippen MR) is 135 cm³/mol. The summed E-state index contributed by atoms with van der Waals surface area (Å²) in [7, 11) is 0. The van der Waals surface area contributed by atoms with Crippen molar-refractivity contribution in [3.8, 4) is 0 Å². The first-order chi connectivity index (χ1) is 16.2. The maximum Gasteiger partial charge on any atom is 0.223 e. The van der Waals surface area contributed by atoms with E-state index in [-0.39, 0.29) is 5.91 Å². The zero-order valence-corrected chi connectivity index (χ0v) is 19.5. The van der Waals surface area contributed by atoms with E-state index in [0.29, 0.717) is 18.9 Å². The van der Waals surface area contributed by atoms with E-state index in [1.54, 1.807) is 0 Å². The van der Waals surface area contributed by atoms with Gasteiger partial charge < -0.3 is 20.4 Å². The van der Waals surface area contributed by atoms with Crippen LogP contribution >= 0.6 is 0 Å². The molecular formula is C27H35N5O. The van der Waals surface area contributed by atoms with Crippen molar-refractivity contribution in [3.63, 3.8) is 0 Å². The number of rotatable bonds is 9. The van der Waals surface area contributed by atoms with Gasteiger partial charge in [0, 0.05) is 57.3 Å². The lowest BCUT2D eigenvalue weighted by Gasteiger charge is -2.18. The summed E-state index contributed by atoms with van der Waals surface area (Å²) >= 11 is 0. The number of carbonyl (C=O) groups excluding carboxylic acids is 1. The van der Waals surface area contributed by atoms with Gasteiger partial charge >= 0.3 is 0 Å². The molecule has 1 unspecified atom stereocenters. The summed E-state index contributed by atoms with van der Waals surface area (Å²) in [6.45, 7) is 7.82. The van der Waals surface area contributed by atoms with Crippen molar-refractivity contribution in [1.29, 1.82) is 0 Å². The van der Waals surface area contributed by atoms with Gasteiger partial charge in [0.25, 0.3) is 0 Å². The second kappa shape index (κ2) is 11.5. The van der Waals surface area contributed by atoms with Crippen molar-refractivity contribution in [2.45, 2.75) is 26.3 Å². The molecule has 2 aromatic rings. The molecule has 6 heteroatoms. The van der Waals surface area contributed by atoms with Crippen LogP contribution in [0.2, 0.25) is 0 Å². The normalized spacial score (nSPS) is 18.3. The molecule has 0 spiro atoms. The van der Waals surface area contributed by atoms with E-state index in [0.717, 1.165) is 51.6 Å². The molecule has 2 aliphatic rings. The molecule has 33 heavy (non-hydrogen) atoms. The fraction of sp³-hybridized carbons (Fsp3) is 0.407. The molecule has 1 amide bonds. The molecule has 1 fully saturated rings. The molecule has 174 valence electrons. The molecule has 4 rings (SSSR count). The van der Waals surface area contributed by atoms with E-state index in [1.165, 1.54) is 16.8 Å². The van der Waals surface area contributed by atoms with Crippen LogP contribution in [0.5, 0.6) is 0 Å². The fourth-order valence-corrected chi connectivity index (χ4v) is 4.37. The Morgan fingerprint density at radius 1 is 1.00 bits per heavy atom. The minimum absolute atomic E-state index is 0.257. The van der Waals surface area contributed by atoms with Crippen molar-refractivity contribution in [2.75, 3.05) is 44.2 Å². The Kier molecular flexibility index (Phi) is 8.01. The first-order valence-electron chi connectivity index (χ1n) is 12.0. The van der Waals surface area contributed by atoms with Crippen LogP contribution in [0.3, 0.4) is 0 Å². The van der Waals surface area contributed by atoms with Crippen molar-refractivity contribution in [2.24, 2.45) is 10.9 Å². The van der Waals surface area contributed by atoms with Gasteiger partial charge in [-0.3, -0.25) is 4.79 Å². The zero-order chi connectivity index (χ0) is 22.9. The second-order valence-electron chi connectivity index (χ2n) is 8.76. The Morgan fingerprint density at radius 3 is 2.48 bits per heavy atom. The summed E-state index contributed by atoms with van der Waals surface area (Å²) in [5.74, 6) is 1.37. The number of anilines is 1. The second-order valence-corrected chi connectivity index (χ2v) is 8.76. The molecule has 6 nitrogen and oxygen atoms in total. The number of nitrogens with one attached hydrogen (secondary N) is 2. The number of guanidine groups is 1. The van der Waals surface area contributed by atoms with Gasteiger partial charge in [-0.15, -0.1) is 0 Å². The van der Waals surface area contributed by atoms with Gasteiger partial charge in [-0.2, -0.15) is 0 Å². The molecule has 2 aliphatic heterocycles. The van der Waals surface area contributed by atoms with Gasteiger partial charge in [0.1, 0.15) is 0 Å². The first-order valence-corrected chi connectivity index (χ1v) is 12.0. The smallest absolute Gasteiger partial charge is 0.223 e. The van der Waals surface area contributed by atoms with Crippen LogP contribution in [0.1, 0.15) is 24.5 Å². The zero-order valence-electron chi connectivity index (χ0n) is 19.5. The third kappa shape index (κ3) is 6.60. The number of aliphatic imine (C=N–C) groups is 1. The Labute approximate surface area is 197 Å². The summed E-state index contributed by atoms with van der Waals surface area (Å²) < 4.78 is 0. The Bertz CT molecular complexity index is 946. The maximum atomic E-state index is 12.5. The topological polar surface area (TPSA) is 60.0 Å². The Morgan fingerprint density at radius 2 is 1.76 bits per heavy atom. The number of benzene rings is 2. The monoisotopic (exact) mass is 445 g/mol. The van der Waals surface area contributed by atoms with E-state index in [2.05, 4.69) is 83.1 Å². The van der Waals surface area contributed by atoms with Crippen LogP contribution in [0.25, 0.3) is 0 Å². The van der Waals surface area contributed by atoms with E-state index >= 15 is 0 Å². The van der Waals surface area contributed by atoms with Crippen molar-refractivity contribution < 1.29 is 4.79 Å². The highest BCUT2D eigenvalue weighted by Gasteiger charge is 2.29. The molecule has 1 saturated heterocycles. The number of hydrogen-bond acceptors (Lipinski definition) is 3. The lowest BCUT2D eigenvalue weighted by Crippen LogP contribution is -2.40. The van der Waals surface area contributed by atoms with Crippen LogP contribution in [0, 0.1) is 5.92 Å². The average Bonchev–Trinajstić information content (AvgIpc) is 3.50. The number of likely N-dealkylation sites (tertiary alicyclic amines) is 1. The lowest BCUT2D eigenvalue weighted by atomic mass is 10.1. The molecular weight excluding hydrogens is 410 g/mol. The summed E-state index contributed by atoms with van der Waals surface area (Å²) in [6, 6.07) is 19.0. The van der Waals surface area contributed by atoms with Gasteiger partial charge in [0.2, 0.25) is 5.91 Å². The van der Waals surface area contributed by atoms with Gasteiger partial charge in [-0.25, -0.2) is 4.99 Å². The molecule has 2 aromatic carbocycles. The SMILES string of the molecule is CCNC(=NCc1ccc(N2CC=CC2)cc1)NCC1CC(=O)N(CCc2ccccc2)C1. The summed E-state index contributed by atoms with van der Waals surface area (Å²) in [5.41, 5.74) is 3.71. The minimum Gasteiger partial charge on any atom is -0.364 e. The average molecular weight is 446 g/mol. The van der Waals surface area contributed by atoms with Crippen LogP contribution in [0.4, 0.5) is 5.69 Å². The van der Waals surface area contributed by atoms with E-state index in [9.17, 15) is 4.79 Å². The molecule has 0 aliphatic carbocycles. The van der Waals surface area contributed by atoms with Crippen LogP contribution in [-0.2, 0) is 17.8 Å². The number of hydrogen-bond donors (Lipinski definition) is 2. The number of nitrogens with zero attached hydrogens (tertiary/aromatic N) is 3. The summed E-state index contributed by atoms with van der Waals surface area (Å²) in [4.78, 5) is 21.5. The standard InChI is InChI=1S/C27H35N5O/c1-2-28-27(29-19-23-10-12-25(13-11-23)31-15-6-7-16-31)30-20-24-18-26(33)32(21-24)17-14-22-8-4-3-5-9-22/h3-13,24H,2,14-21H2,1H3,(H2,28,29,30). The van der Waals surface area contributed by atoms with Gasteiger partial charge in [-0.1, -0.05) is 54.6 Å². The molecule has 0 bridgehead atoms. The van der Waals surface area contributed by atoms with Gasteiger partial charge in [-0.05, 0) is 36.6 Å². The third-order valence-corrected chi connectivity index (χ3v) is 6.25. The van der Waals surface area contributed by atoms with Crippen molar-refractivity contribution in [1.82, 2.24) is 15.5 Å². The van der Waals surface area contributed by atoms with Crippen LogP contribution in [0.15, 0.2) is 71.7 Å². The molecule has 1 atom stereocenters. The fourth-order valence-electron chi connectivity index (χ4n) is 4.37. The molecule has 2 heterocycles. The number of amides is 1. The maximum absolute atomic E-state index is 12.5. The van der Waals surface area contributed by atoms with Crippen molar-refractivity contribution >= 4 is 17.6 Å². The summed E-state index contributed by atoms with van der Waals surface area (Å²) in [5, 5.41) is 6.77. The predicted octanol–water partition coefficient (Wildman–Crippen LogP) is 3.21. The Balaban J connectivity index is 1.24. The van der Waals surface area contributed by atoms with Crippen LogP contribution < -0.4 is 15.5 Å². The van der Waals surface area contributed by atoms with Gasteiger partial charge in [0.15, 0.2) is 5.96 Å². The Hall–Kier alpha value is -3.28. The van der Waals surface area contributed by atoms with E-state index < -0.39 is 0 Å². The molecule has 2 N–H and O–H groups in total. The summed E-state index contributed by atoms with van der Waals surface area (Å²) in [6.07, 6.45) is 5.91. The first kappa shape index (κ1) is 22.9. The largest absolute Gasteiger partial charge is 0.364 e. The molecule has 0 aromatic heterocycles. The van der Waals surface area contributed by atoms with Crippen LogP contribution in [-0.4, -0.2) is 56.0 Å². The van der Waals surface area contributed by atoms with Crippen molar-refractivity contribution in [3.05, 3.63) is 77.9 Å². The highest BCUT2D eigenvalue weighted by Crippen LogP contribution is 2.19. The van der Waals surface area contributed by atoms with Gasteiger partial charge in [0.05, 0.1) is 6.54 Å². The highest BCUT2D eigenvalue weighted by atomic mass is 16.2. The molecule has 0 saturated carbocycles. The third-order valence-electron chi connectivity index (χ3n) is 6.25. The quantitative estimate of drug-likeness (QED) is 0.354. The number of carbonyl (C=O) groups is 1. The highest BCUT2D eigenvalue weighted by molar-refractivity contribution is 5.81. The lowest BCUT2D eigenvalue weighted by molar-refractivity contribution is -0.127. The minimum atomic E-state index is 0.257. The molecule has 0 radical (unpaired) electrons. The van der Waals surface area contributed by atoms with E-state index in [1.807, 2.05) is 11.0 Å².